The molecule has 4 nitrogen and oxygen atoms in total. The molecule has 0 rings (SSSR count). The Morgan fingerprint density at radius 1 is 0.567 bits per heavy atom. The normalized spacial score (nSPS) is 13.4. The van der Waals surface area contributed by atoms with Gasteiger partial charge in [-0.3, -0.25) is 0 Å². The van der Waals surface area contributed by atoms with Crippen molar-refractivity contribution in [1.29, 1.82) is 0 Å². The van der Waals surface area contributed by atoms with Gasteiger partial charge in [0, 0.05) is 37.9 Å². The molecule has 0 aliphatic rings. The fraction of sp³-hybridized carbons (Fsp3) is 1.00. The lowest BCUT2D eigenvalue weighted by Gasteiger charge is -2.33. The topological polar surface area (TPSA) is 36.9 Å². The largest absolute Gasteiger partial charge is 0.355 e. The van der Waals surface area contributed by atoms with E-state index in [2.05, 4.69) is 41.5 Å². The Balaban J connectivity index is 3.97. The van der Waals surface area contributed by atoms with Gasteiger partial charge < -0.3 is 18.9 Å². The van der Waals surface area contributed by atoms with Crippen LogP contribution in [-0.2, 0) is 18.9 Å². The summed E-state index contributed by atoms with van der Waals surface area (Å²) in [5, 5.41) is 0. The summed E-state index contributed by atoms with van der Waals surface area (Å²) in [6.07, 6.45) is 4.39. The summed E-state index contributed by atoms with van der Waals surface area (Å²) < 4.78 is 24.2. The lowest BCUT2D eigenvalue weighted by atomic mass is 10.3. The standard InChI is InChI=1S/C20H46O4S4Si2/c1-7-21-19(22-8-2,29-11-5)15-13-17-25-27-28-26-18-14-16-20(23-9-3,24-10-4)30-12-6/h7-18,29-30H2,1-6H3. The Morgan fingerprint density at radius 3 is 1.17 bits per heavy atom. The first-order chi connectivity index (χ1) is 14.6. The first kappa shape index (κ1) is 31.7. The van der Waals surface area contributed by atoms with Gasteiger partial charge in [0.1, 0.15) is 10.8 Å². The molecule has 0 saturated carbocycles. The number of hydrogen-bond donors (Lipinski definition) is 0. The molecule has 0 N–H and O–H groups in total. The van der Waals surface area contributed by atoms with Crippen LogP contribution in [0.15, 0.2) is 0 Å². The van der Waals surface area contributed by atoms with Gasteiger partial charge in [0.25, 0.3) is 0 Å². The molecule has 0 spiro atoms. The van der Waals surface area contributed by atoms with Gasteiger partial charge >= 0.3 is 0 Å². The highest BCUT2D eigenvalue weighted by molar-refractivity contribution is 9.26. The van der Waals surface area contributed by atoms with Crippen molar-refractivity contribution in [2.24, 2.45) is 0 Å². The molecule has 30 heavy (non-hydrogen) atoms. The van der Waals surface area contributed by atoms with Crippen LogP contribution in [0.2, 0.25) is 12.1 Å². The van der Waals surface area contributed by atoms with Gasteiger partial charge in [0.2, 0.25) is 0 Å². The van der Waals surface area contributed by atoms with Crippen molar-refractivity contribution in [2.75, 3.05) is 37.9 Å². The van der Waals surface area contributed by atoms with Gasteiger partial charge in [-0.15, -0.1) is 0 Å². The van der Waals surface area contributed by atoms with Crippen LogP contribution in [-0.4, -0.2) is 67.8 Å². The van der Waals surface area contributed by atoms with E-state index in [-0.39, 0.29) is 29.9 Å². The predicted molar refractivity (Wildman–Crippen MR) is 149 cm³/mol. The van der Waals surface area contributed by atoms with Crippen molar-refractivity contribution in [1.82, 2.24) is 0 Å². The van der Waals surface area contributed by atoms with E-state index in [0.29, 0.717) is 0 Å². The summed E-state index contributed by atoms with van der Waals surface area (Å²) in [6, 6.07) is 2.45. The zero-order valence-corrected chi connectivity index (χ0v) is 26.3. The summed E-state index contributed by atoms with van der Waals surface area (Å²) in [7, 11) is 7.01. The maximum absolute atomic E-state index is 6.06. The molecule has 0 unspecified atom stereocenters. The molecule has 0 saturated heterocycles. The van der Waals surface area contributed by atoms with Gasteiger partial charge in [-0.1, -0.05) is 47.5 Å². The van der Waals surface area contributed by atoms with E-state index in [0.717, 1.165) is 63.6 Å². The van der Waals surface area contributed by atoms with Crippen LogP contribution in [0.1, 0.15) is 67.2 Å². The van der Waals surface area contributed by atoms with Crippen LogP contribution < -0.4 is 0 Å². The summed E-state index contributed by atoms with van der Waals surface area (Å²) in [5.41, 5.74) is -0.471. The molecule has 10 heteroatoms. The smallest absolute Gasteiger partial charge is 0.144 e. The summed E-state index contributed by atoms with van der Waals surface area (Å²) in [5.74, 6) is 2.30. The van der Waals surface area contributed by atoms with Gasteiger partial charge in [0.15, 0.2) is 0 Å². The molecule has 0 fully saturated rings. The van der Waals surface area contributed by atoms with Crippen molar-refractivity contribution in [3.8, 4) is 0 Å². The Kier molecular flexibility index (Phi) is 22.4. The molecular weight excluding hydrogens is 489 g/mol. The Morgan fingerprint density at radius 2 is 0.900 bits per heavy atom. The van der Waals surface area contributed by atoms with Crippen LogP contribution in [0.25, 0.3) is 0 Å². The monoisotopic (exact) mass is 534 g/mol. The highest BCUT2D eigenvalue weighted by atomic mass is 33.7. The van der Waals surface area contributed by atoms with Crippen molar-refractivity contribution >= 4 is 60.3 Å². The Bertz CT molecular complexity index is 317. The SMILES string of the molecule is CCOC(CCCSSSSCCCC(OCC)(OCC)[SiH2]CC)(OCC)[SiH2]CC. The lowest BCUT2D eigenvalue weighted by molar-refractivity contribution is -0.179. The van der Waals surface area contributed by atoms with Crippen LogP contribution >= 0.6 is 41.2 Å². The molecule has 0 heterocycles. The molecule has 0 aliphatic carbocycles. The van der Waals surface area contributed by atoms with Crippen molar-refractivity contribution < 1.29 is 18.9 Å². The van der Waals surface area contributed by atoms with Gasteiger partial charge in [-0.2, -0.15) is 0 Å². The zero-order valence-electron chi connectivity index (χ0n) is 20.2. The van der Waals surface area contributed by atoms with Crippen LogP contribution in [0.3, 0.4) is 0 Å². The molecule has 0 aromatic heterocycles. The minimum absolute atomic E-state index is 0.235. The van der Waals surface area contributed by atoms with Crippen LogP contribution in [0.5, 0.6) is 0 Å². The summed E-state index contributed by atoms with van der Waals surface area (Å²) >= 11 is 0. The average molecular weight is 535 g/mol. The minimum Gasteiger partial charge on any atom is -0.355 e. The molecule has 182 valence electrons. The van der Waals surface area contributed by atoms with Crippen LogP contribution in [0.4, 0.5) is 0 Å². The number of rotatable bonds is 23. The first-order valence-electron chi connectivity index (χ1n) is 11.7. The fourth-order valence-electron chi connectivity index (χ4n) is 3.63. The minimum atomic E-state index is -0.358. The van der Waals surface area contributed by atoms with Gasteiger partial charge in [-0.25, -0.2) is 0 Å². The van der Waals surface area contributed by atoms with E-state index in [4.69, 9.17) is 18.9 Å². The van der Waals surface area contributed by atoms with Gasteiger partial charge in [-0.05, 0) is 73.0 Å². The highest BCUT2D eigenvalue weighted by Crippen LogP contribution is 2.44. The molecule has 0 amide bonds. The quantitative estimate of drug-likeness (QED) is 0.0695. The zero-order chi connectivity index (χ0) is 22.6. The van der Waals surface area contributed by atoms with E-state index in [1.54, 1.807) is 0 Å². The summed E-state index contributed by atoms with van der Waals surface area (Å²) in [4.78, 5) is 0. The van der Waals surface area contributed by atoms with Crippen LogP contribution in [0, 0.1) is 0 Å². The van der Waals surface area contributed by atoms with Crippen molar-refractivity contribution in [3.05, 3.63) is 0 Å². The first-order valence-corrected chi connectivity index (χ1v) is 20.3. The second-order valence-corrected chi connectivity index (χ2v) is 18.4. The number of hydrogen-bond acceptors (Lipinski definition) is 8. The molecular formula is C20H46O4S4Si2. The molecule has 0 radical (unpaired) electrons. The van der Waals surface area contributed by atoms with E-state index >= 15 is 0 Å². The fourth-order valence-corrected chi connectivity index (χ4v) is 13.7. The maximum Gasteiger partial charge on any atom is 0.144 e. The third kappa shape index (κ3) is 14.7. The van der Waals surface area contributed by atoms with Crippen molar-refractivity contribution in [2.45, 2.75) is 90.1 Å². The third-order valence-electron chi connectivity index (χ3n) is 4.59. The molecule has 0 aromatic carbocycles. The van der Waals surface area contributed by atoms with E-state index < -0.39 is 0 Å². The second-order valence-electron chi connectivity index (χ2n) is 7.04. The van der Waals surface area contributed by atoms with Gasteiger partial charge in [0.05, 0.1) is 19.0 Å². The van der Waals surface area contributed by atoms with E-state index in [1.165, 1.54) is 12.1 Å². The Labute approximate surface area is 206 Å². The average Bonchev–Trinajstić information content (AvgIpc) is 2.70. The second kappa shape index (κ2) is 21.2. The molecule has 0 atom stereocenters. The molecule has 0 bridgehead atoms. The molecule has 0 aromatic rings. The van der Waals surface area contributed by atoms with E-state index in [1.807, 2.05) is 41.2 Å². The van der Waals surface area contributed by atoms with Crippen molar-refractivity contribution in [3.63, 3.8) is 0 Å². The van der Waals surface area contributed by atoms with E-state index in [9.17, 15) is 0 Å². The number of ether oxygens (including phenoxy) is 4. The molecule has 0 aliphatic heterocycles. The highest BCUT2D eigenvalue weighted by Gasteiger charge is 2.30. The predicted octanol–water partition coefficient (Wildman–Crippen LogP) is 5.89. The maximum atomic E-state index is 6.06. The lowest BCUT2D eigenvalue weighted by Crippen LogP contribution is -2.42. The summed E-state index contributed by atoms with van der Waals surface area (Å²) in [6.45, 7) is 15.8. The Hall–Kier alpha value is 1.67. The third-order valence-corrected chi connectivity index (χ3v) is 15.3.